The predicted molar refractivity (Wildman–Crippen MR) is 101 cm³/mol. The number of hydrogen-bond donors (Lipinski definition) is 2. The molecule has 2 N–H and O–H groups in total. The molecule has 0 heterocycles. The minimum absolute atomic E-state index is 0.587. The first-order valence-electron chi connectivity index (χ1n) is 7.84. The molecule has 0 aromatic heterocycles. The van der Waals surface area contributed by atoms with Crippen molar-refractivity contribution in [2.45, 2.75) is 26.8 Å². The molecule has 122 valence electrons. The van der Waals surface area contributed by atoms with Gasteiger partial charge in [-0.25, -0.2) is 0 Å². The van der Waals surface area contributed by atoms with Crippen LogP contribution in [0.4, 0.5) is 5.69 Å². The molecule has 0 saturated carbocycles. The summed E-state index contributed by atoms with van der Waals surface area (Å²) in [5, 5.41) is 7.00. The van der Waals surface area contributed by atoms with Gasteiger partial charge in [0.1, 0.15) is 5.75 Å². The van der Waals surface area contributed by atoms with E-state index in [2.05, 4.69) is 48.7 Å². The second kappa shape index (κ2) is 8.53. The minimum Gasteiger partial charge on any atom is -0.495 e. The first-order chi connectivity index (χ1) is 11.1. The number of ether oxygens (including phenoxy) is 1. The second-order valence-corrected chi connectivity index (χ2v) is 6.33. The molecule has 0 bridgehead atoms. The predicted octanol–water partition coefficient (Wildman–Crippen LogP) is 4.38. The van der Waals surface area contributed by atoms with Crippen LogP contribution in [-0.2, 0) is 13.0 Å². The molecule has 3 nitrogen and oxygen atoms in total. The number of para-hydroxylation sites is 2. The molecule has 2 rings (SSSR count). The largest absolute Gasteiger partial charge is 0.495 e. The van der Waals surface area contributed by atoms with Gasteiger partial charge in [0.15, 0.2) is 5.11 Å². The van der Waals surface area contributed by atoms with Crippen molar-refractivity contribution in [2.24, 2.45) is 5.92 Å². The fourth-order valence-electron chi connectivity index (χ4n) is 2.43. The molecular weight excluding hydrogens is 304 g/mol. The number of rotatable bonds is 6. The molecule has 0 saturated heterocycles. The van der Waals surface area contributed by atoms with Crippen LogP contribution >= 0.6 is 12.2 Å². The molecule has 4 heteroatoms. The van der Waals surface area contributed by atoms with E-state index in [1.807, 2.05) is 24.3 Å². The van der Waals surface area contributed by atoms with Crippen molar-refractivity contribution in [3.63, 3.8) is 0 Å². The van der Waals surface area contributed by atoms with Gasteiger partial charge in [-0.15, -0.1) is 0 Å². The van der Waals surface area contributed by atoms with Crippen molar-refractivity contribution in [1.29, 1.82) is 0 Å². The molecule has 0 aliphatic rings. The molecule has 0 aliphatic carbocycles. The third-order valence-corrected chi connectivity index (χ3v) is 3.69. The summed E-state index contributed by atoms with van der Waals surface area (Å²) in [6.45, 7) is 5.17. The third-order valence-electron chi connectivity index (χ3n) is 3.44. The molecule has 23 heavy (non-hydrogen) atoms. The Bertz CT molecular complexity index is 655. The Morgan fingerprint density at radius 1 is 1.09 bits per heavy atom. The highest BCUT2D eigenvalue weighted by Gasteiger charge is 2.04. The van der Waals surface area contributed by atoms with Gasteiger partial charge in [-0.2, -0.15) is 0 Å². The lowest BCUT2D eigenvalue weighted by Crippen LogP contribution is -2.28. The standard InChI is InChI=1S/C19H24N2OS/c1-14(2)11-15-7-6-8-16(12-15)13-20-19(23)21-17-9-4-5-10-18(17)22-3/h4-10,12,14H,11,13H2,1-3H3,(H2,20,21,23). The zero-order valence-electron chi connectivity index (χ0n) is 13.9. The summed E-state index contributed by atoms with van der Waals surface area (Å²) in [4.78, 5) is 0. The first kappa shape index (κ1) is 17.3. The molecule has 0 unspecified atom stereocenters. The maximum atomic E-state index is 5.37. The molecule has 2 aromatic carbocycles. The van der Waals surface area contributed by atoms with Gasteiger partial charge < -0.3 is 15.4 Å². The first-order valence-corrected chi connectivity index (χ1v) is 8.25. The molecule has 0 spiro atoms. The monoisotopic (exact) mass is 328 g/mol. The average Bonchev–Trinajstić information content (AvgIpc) is 2.53. The molecule has 0 fully saturated rings. The molecular formula is C19H24N2OS. The highest BCUT2D eigenvalue weighted by molar-refractivity contribution is 7.80. The number of hydrogen-bond acceptors (Lipinski definition) is 2. The van der Waals surface area contributed by atoms with Gasteiger partial charge in [0.2, 0.25) is 0 Å². The van der Waals surface area contributed by atoms with Crippen LogP contribution < -0.4 is 15.4 Å². The van der Waals surface area contributed by atoms with Crippen molar-refractivity contribution < 1.29 is 4.74 Å². The van der Waals surface area contributed by atoms with E-state index in [0.717, 1.165) is 17.9 Å². The minimum atomic E-state index is 0.587. The molecule has 0 aliphatic heterocycles. The number of nitrogens with one attached hydrogen (secondary N) is 2. The summed E-state index contributed by atoms with van der Waals surface area (Å²) in [6, 6.07) is 16.3. The Labute approximate surface area is 144 Å². The van der Waals surface area contributed by atoms with Crippen molar-refractivity contribution >= 4 is 23.0 Å². The van der Waals surface area contributed by atoms with Crippen LogP contribution in [0.3, 0.4) is 0 Å². The summed E-state index contributed by atoms with van der Waals surface area (Å²) in [7, 11) is 1.65. The van der Waals surface area contributed by atoms with Crippen LogP contribution in [0.15, 0.2) is 48.5 Å². The van der Waals surface area contributed by atoms with Crippen molar-refractivity contribution in [3.8, 4) is 5.75 Å². The number of methoxy groups -OCH3 is 1. The van der Waals surface area contributed by atoms with E-state index in [4.69, 9.17) is 17.0 Å². The SMILES string of the molecule is COc1ccccc1NC(=S)NCc1cccc(CC(C)C)c1. The van der Waals surface area contributed by atoms with E-state index in [-0.39, 0.29) is 0 Å². The topological polar surface area (TPSA) is 33.3 Å². The second-order valence-electron chi connectivity index (χ2n) is 5.93. The smallest absolute Gasteiger partial charge is 0.171 e. The molecule has 0 amide bonds. The zero-order chi connectivity index (χ0) is 16.7. The van der Waals surface area contributed by atoms with Gasteiger partial charge in [0, 0.05) is 6.54 Å². The van der Waals surface area contributed by atoms with E-state index >= 15 is 0 Å². The third kappa shape index (κ3) is 5.57. The number of benzene rings is 2. The van der Waals surface area contributed by atoms with Gasteiger partial charge in [-0.3, -0.25) is 0 Å². The van der Waals surface area contributed by atoms with Crippen LogP contribution in [0.25, 0.3) is 0 Å². The highest BCUT2D eigenvalue weighted by Crippen LogP contribution is 2.22. The Balaban J connectivity index is 1.91. The summed E-state index contributed by atoms with van der Waals surface area (Å²) in [6.07, 6.45) is 1.09. The van der Waals surface area contributed by atoms with Gasteiger partial charge >= 0.3 is 0 Å². The van der Waals surface area contributed by atoms with Crippen LogP contribution in [0, 0.1) is 5.92 Å². The van der Waals surface area contributed by atoms with Gasteiger partial charge in [0.05, 0.1) is 12.8 Å². The lowest BCUT2D eigenvalue weighted by Gasteiger charge is -2.14. The fourth-order valence-corrected chi connectivity index (χ4v) is 2.62. The van der Waals surface area contributed by atoms with E-state index in [9.17, 15) is 0 Å². The fraction of sp³-hybridized carbons (Fsp3) is 0.316. The van der Waals surface area contributed by atoms with Crippen molar-refractivity contribution in [2.75, 3.05) is 12.4 Å². The Morgan fingerprint density at radius 2 is 1.83 bits per heavy atom. The highest BCUT2D eigenvalue weighted by atomic mass is 32.1. The normalized spacial score (nSPS) is 10.4. The van der Waals surface area contributed by atoms with Gasteiger partial charge in [0.25, 0.3) is 0 Å². The Morgan fingerprint density at radius 3 is 2.57 bits per heavy atom. The van der Waals surface area contributed by atoms with Crippen LogP contribution in [0.2, 0.25) is 0 Å². The van der Waals surface area contributed by atoms with Crippen LogP contribution in [0.1, 0.15) is 25.0 Å². The van der Waals surface area contributed by atoms with Gasteiger partial charge in [-0.05, 0) is 47.8 Å². The van der Waals surface area contributed by atoms with E-state index in [1.165, 1.54) is 11.1 Å². The average molecular weight is 328 g/mol. The number of thiocarbonyl (C=S) groups is 1. The Kier molecular flexibility index (Phi) is 6.41. The number of anilines is 1. The van der Waals surface area contributed by atoms with Gasteiger partial charge in [-0.1, -0.05) is 50.2 Å². The summed E-state index contributed by atoms with van der Waals surface area (Å²) >= 11 is 5.37. The lowest BCUT2D eigenvalue weighted by atomic mass is 10.0. The zero-order valence-corrected chi connectivity index (χ0v) is 14.7. The van der Waals surface area contributed by atoms with E-state index in [1.54, 1.807) is 7.11 Å². The van der Waals surface area contributed by atoms with Crippen molar-refractivity contribution in [1.82, 2.24) is 5.32 Å². The summed E-state index contributed by atoms with van der Waals surface area (Å²) < 4.78 is 5.31. The quantitative estimate of drug-likeness (QED) is 0.771. The maximum absolute atomic E-state index is 5.37. The summed E-state index contributed by atoms with van der Waals surface area (Å²) in [5.41, 5.74) is 3.45. The lowest BCUT2D eigenvalue weighted by molar-refractivity contribution is 0.417. The maximum Gasteiger partial charge on any atom is 0.171 e. The van der Waals surface area contributed by atoms with E-state index in [0.29, 0.717) is 17.6 Å². The van der Waals surface area contributed by atoms with Crippen molar-refractivity contribution in [3.05, 3.63) is 59.7 Å². The van der Waals surface area contributed by atoms with E-state index < -0.39 is 0 Å². The van der Waals surface area contributed by atoms with Crippen LogP contribution in [-0.4, -0.2) is 12.2 Å². The molecule has 0 radical (unpaired) electrons. The Hall–Kier alpha value is -2.07. The summed E-state index contributed by atoms with van der Waals surface area (Å²) in [5.74, 6) is 1.43. The molecule has 0 atom stereocenters. The van der Waals surface area contributed by atoms with Crippen LogP contribution in [0.5, 0.6) is 5.75 Å². The molecule has 2 aromatic rings.